The highest BCUT2D eigenvalue weighted by molar-refractivity contribution is 6.00. The molecule has 0 radical (unpaired) electrons. The Bertz CT molecular complexity index is 901. The number of nitrogens with zero attached hydrogens (tertiary/aromatic N) is 2. The van der Waals surface area contributed by atoms with Crippen LogP contribution in [0.1, 0.15) is 34.5 Å². The molecule has 1 saturated heterocycles. The third kappa shape index (κ3) is 3.67. The van der Waals surface area contributed by atoms with Crippen LogP contribution >= 0.6 is 0 Å². The molecule has 2 aromatic rings. The van der Waals surface area contributed by atoms with E-state index in [4.69, 9.17) is 9.52 Å². The molecule has 2 amide bonds. The summed E-state index contributed by atoms with van der Waals surface area (Å²) in [5, 5.41) is 10.1. The maximum Gasteiger partial charge on any atom is 0.308 e. The van der Waals surface area contributed by atoms with Gasteiger partial charge in [-0.05, 0) is 32.3 Å². The second-order valence-corrected chi connectivity index (χ2v) is 7.19. The van der Waals surface area contributed by atoms with Crippen molar-refractivity contribution in [1.29, 1.82) is 0 Å². The fourth-order valence-electron chi connectivity index (χ4n) is 3.54. The Balaban J connectivity index is 1.72. The summed E-state index contributed by atoms with van der Waals surface area (Å²) in [7, 11) is 1.55. The molecule has 2 heterocycles. The van der Waals surface area contributed by atoms with Gasteiger partial charge in [-0.3, -0.25) is 14.4 Å². The van der Waals surface area contributed by atoms with Crippen LogP contribution in [0.4, 0.5) is 0 Å². The second kappa shape index (κ2) is 7.42. The van der Waals surface area contributed by atoms with E-state index in [0.29, 0.717) is 25.0 Å². The van der Waals surface area contributed by atoms with Crippen molar-refractivity contribution in [2.24, 2.45) is 5.92 Å². The van der Waals surface area contributed by atoms with E-state index in [9.17, 15) is 14.4 Å². The molecule has 1 unspecified atom stereocenters. The van der Waals surface area contributed by atoms with Crippen LogP contribution in [0.25, 0.3) is 11.0 Å². The summed E-state index contributed by atoms with van der Waals surface area (Å²) in [5.41, 5.74) is 2.38. The number of carboxylic acids is 1. The summed E-state index contributed by atoms with van der Waals surface area (Å²) in [4.78, 5) is 39.4. The summed E-state index contributed by atoms with van der Waals surface area (Å²) < 4.78 is 5.79. The highest BCUT2D eigenvalue weighted by atomic mass is 16.4. The van der Waals surface area contributed by atoms with E-state index in [0.717, 1.165) is 16.5 Å². The van der Waals surface area contributed by atoms with Crippen molar-refractivity contribution in [3.05, 3.63) is 35.1 Å². The molecule has 0 aliphatic carbocycles. The number of likely N-dealkylation sites (tertiary alicyclic amines) is 1. The monoisotopic (exact) mass is 372 g/mol. The minimum atomic E-state index is -0.884. The zero-order valence-corrected chi connectivity index (χ0v) is 15.8. The van der Waals surface area contributed by atoms with Crippen molar-refractivity contribution in [2.75, 3.05) is 26.7 Å². The predicted octanol–water partition coefficient (Wildman–Crippen LogP) is 2.44. The van der Waals surface area contributed by atoms with Gasteiger partial charge in [0.25, 0.3) is 5.91 Å². The molecule has 7 nitrogen and oxygen atoms in total. The van der Waals surface area contributed by atoms with Gasteiger partial charge in [0.1, 0.15) is 5.58 Å². The van der Waals surface area contributed by atoms with Gasteiger partial charge in [0.15, 0.2) is 5.76 Å². The van der Waals surface area contributed by atoms with Gasteiger partial charge >= 0.3 is 5.97 Å². The van der Waals surface area contributed by atoms with Crippen LogP contribution in [0.15, 0.2) is 22.6 Å². The summed E-state index contributed by atoms with van der Waals surface area (Å²) in [6.45, 7) is 4.35. The van der Waals surface area contributed by atoms with Crippen LogP contribution in [0.2, 0.25) is 0 Å². The number of carbonyl (C=O) groups excluding carboxylic acids is 2. The molecular formula is C20H24N2O5. The van der Waals surface area contributed by atoms with Gasteiger partial charge in [-0.15, -0.1) is 0 Å². The summed E-state index contributed by atoms with van der Waals surface area (Å²) in [6.07, 6.45) is 1.23. The number of carbonyl (C=O) groups is 3. The van der Waals surface area contributed by atoms with Crippen LogP contribution < -0.4 is 0 Å². The molecule has 0 bridgehead atoms. The number of hydrogen-bond acceptors (Lipinski definition) is 4. The van der Waals surface area contributed by atoms with Crippen LogP contribution in [-0.2, 0) is 9.59 Å². The average Bonchev–Trinajstić information content (AvgIpc) is 2.99. The normalized spacial score (nSPS) is 17.1. The van der Waals surface area contributed by atoms with Gasteiger partial charge in [0.05, 0.1) is 12.5 Å². The first-order valence-corrected chi connectivity index (χ1v) is 9.04. The van der Waals surface area contributed by atoms with Crippen LogP contribution in [0, 0.1) is 19.8 Å². The van der Waals surface area contributed by atoms with Crippen LogP contribution in [0.3, 0.4) is 0 Å². The Labute approximate surface area is 157 Å². The molecular weight excluding hydrogens is 348 g/mol. The number of rotatable bonds is 4. The smallest absolute Gasteiger partial charge is 0.308 e. The van der Waals surface area contributed by atoms with Crippen molar-refractivity contribution in [1.82, 2.24) is 9.80 Å². The molecule has 1 aromatic carbocycles. The topological polar surface area (TPSA) is 91.1 Å². The molecule has 7 heteroatoms. The molecule has 1 aromatic heterocycles. The fraction of sp³-hybridized carbons (Fsp3) is 0.450. The van der Waals surface area contributed by atoms with Gasteiger partial charge < -0.3 is 19.3 Å². The van der Waals surface area contributed by atoms with E-state index in [-0.39, 0.29) is 30.7 Å². The summed E-state index contributed by atoms with van der Waals surface area (Å²) in [6, 6.07) is 5.74. The Hall–Kier alpha value is -2.83. The molecule has 1 aliphatic rings. The lowest BCUT2D eigenvalue weighted by atomic mass is 9.98. The average molecular weight is 372 g/mol. The SMILES string of the molecule is Cc1c(C(=O)N(C)CC(=O)N2CCCC(C(=O)O)C2)oc2c(C)cccc12. The molecule has 0 saturated carbocycles. The van der Waals surface area contributed by atoms with E-state index in [1.807, 2.05) is 32.0 Å². The Kier molecular flexibility index (Phi) is 5.21. The Morgan fingerprint density at radius 3 is 2.70 bits per heavy atom. The molecule has 1 atom stereocenters. The van der Waals surface area contributed by atoms with Gasteiger partial charge in [-0.2, -0.15) is 0 Å². The highest BCUT2D eigenvalue weighted by Gasteiger charge is 2.30. The lowest BCUT2D eigenvalue weighted by Gasteiger charge is -2.31. The Morgan fingerprint density at radius 2 is 2.04 bits per heavy atom. The van der Waals surface area contributed by atoms with Crippen molar-refractivity contribution >= 4 is 28.8 Å². The number of amides is 2. The molecule has 144 valence electrons. The number of para-hydroxylation sites is 1. The molecule has 27 heavy (non-hydrogen) atoms. The van der Waals surface area contributed by atoms with Crippen molar-refractivity contribution in [3.8, 4) is 0 Å². The lowest BCUT2D eigenvalue weighted by Crippen LogP contribution is -2.46. The molecule has 0 spiro atoms. The number of hydrogen-bond donors (Lipinski definition) is 1. The van der Waals surface area contributed by atoms with Crippen molar-refractivity contribution < 1.29 is 23.9 Å². The third-order valence-corrected chi connectivity index (χ3v) is 5.20. The number of aryl methyl sites for hydroxylation is 2. The fourth-order valence-corrected chi connectivity index (χ4v) is 3.54. The van der Waals surface area contributed by atoms with E-state index in [2.05, 4.69) is 0 Å². The first kappa shape index (κ1) is 18.9. The van der Waals surface area contributed by atoms with E-state index >= 15 is 0 Å². The number of carboxylic acid groups (broad SMARTS) is 1. The Morgan fingerprint density at radius 1 is 1.30 bits per heavy atom. The minimum absolute atomic E-state index is 0.110. The summed E-state index contributed by atoms with van der Waals surface area (Å²) >= 11 is 0. The van der Waals surface area contributed by atoms with Crippen molar-refractivity contribution in [2.45, 2.75) is 26.7 Å². The number of fused-ring (bicyclic) bond motifs is 1. The second-order valence-electron chi connectivity index (χ2n) is 7.19. The van der Waals surface area contributed by atoms with Gasteiger partial charge in [0, 0.05) is 31.1 Å². The number of likely N-dealkylation sites (N-methyl/N-ethyl adjacent to an activating group) is 1. The van der Waals surface area contributed by atoms with E-state index in [1.54, 1.807) is 7.05 Å². The minimum Gasteiger partial charge on any atom is -0.481 e. The molecule has 1 fully saturated rings. The first-order chi connectivity index (χ1) is 12.8. The predicted molar refractivity (Wildman–Crippen MR) is 99.6 cm³/mol. The number of aliphatic carboxylic acids is 1. The standard InChI is InChI=1S/C20H24N2O5/c1-12-6-4-8-15-13(2)18(27-17(12)15)19(24)21(3)11-16(23)22-9-5-7-14(10-22)20(25)26/h4,6,8,14H,5,7,9-11H2,1-3H3,(H,25,26). The van der Waals surface area contributed by atoms with Gasteiger partial charge in [-0.1, -0.05) is 18.2 Å². The first-order valence-electron chi connectivity index (χ1n) is 9.04. The molecule has 1 N–H and O–H groups in total. The van der Waals surface area contributed by atoms with E-state index in [1.165, 1.54) is 9.80 Å². The zero-order valence-electron chi connectivity index (χ0n) is 15.8. The number of benzene rings is 1. The van der Waals surface area contributed by atoms with Gasteiger partial charge in [0.2, 0.25) is 5.91 Å². The van der Waals surface area contributed by atoms with Crippen LogP contribution in [-0.4, -0.2) is 59.4 Å². The van der Waals surface area contributed by atoms with Crippen molar-refractivity contribution in [3.63, 3.8) is 0 Å². The zero-order chi connectivity index (χ0) is 19.7. The van der Waals surface area contributed by atoms with Gasteiger partial charge in [-0.25, -0.2) is 0 Å². The largest absolute Gasteiger partial charge is 0.481 e. The quantitative estimate of drug-likeness (QED) is 0.890. The summed E-state index contributed by atoms with van der Waals surface area (Å²) in [5.74, 6) is -1.80. The molecule has 3 rings (SSSR count). The number of furan rings is 1. The molecule has 1 aliphatic heterocycles. The maximum absolute atomic E-state index is 12.8. The van der Waals surface area contributed by atoms with Crippen LogP contribution in [0.5, 0.6) is 0 Å². The number of piperidine rings is 1. The highest BCUT2D eigenvalue weighted by Crippen LogP contribution is 2.28. The lowest BCUT2D eigenvalue weighted by molar-refractivity contribution is -0.145. The van der Waals surface area contributed by atoms with E-state index < -0.39 is 11.9 Å². The maximum atomic E-state index is 12.8. The third-order valence-electron chi connectivity index (χ3n) is 5.20.